The van der Waals surface area contributed by atoms with Gasteiger partial charge in [0.2, 0.25) is 0 Å². The summed E-state index contributed by atoms with van der Waals surface area (Å²) in [7, 11) is 1.62. The van der Waals surface area contributed by atoms with Crippen molar-refractivity contribution < 1.29 is 38.0 Å². The Labute approximate surface area is 171 Å². The second kappa shape index (κ2) is 13.9. The summed E-state index contributed by atoms with van der Waals surface area (Å²) >= 11 is 0. The Bertz CT molecular complexity index is 613. The Kier molecular flexibility index (Phi) is 11.1. The van der Waals surface area contributed by atoms with Crippen LogP contribution in [0.25, 0.3) is 0 Å². The highest BCUT2D eigenvalue weighted by Gasteiger charge is 2.24. The molecule has 1 saturated carbocycles. The Morgan fingerprint density at radius 2 is 1.66 bits per heavy atom. The fraction of sp³-hybridized carbons (Fsp3) is 0.619. The van der Waals surface area contributed by atoms with Crippen molar-refractivity contribution in [2.24, 2.45) is 5.92 Å². The third kappa shape index (κ3) is 8.81. The second-order valence-electron chi connectivity index (χ2n) is 6.64. The van der Waals surface area contributed by atoms with Crippen LogP contribution in [-0.4, -0.2) is 59.2 Å². The monoisotopic (exact) mass is 410 g/mol. The molecular formula is C21H30O8. The first-order valence-electron chi connectivity index (χ1n) is 9.98. The van der Waals surface area contributed by atoms with E-state index in [2.05, 4.69) is 0 Å². The lowest BCUT2D eigenvalue weighted by Gasteiger charge is -2.20. The minimum Gasteiger partial charge on any atom is -0.487 e. The molecule has 0 unspecified atom stereocenters. The summed E-state index contributed by atoms with van der Waals surface area (Å²) in [6.45, 7) is 2.89. The Hall–Kier alpha value is -2.16. The molecule has 1 aromatic carbocycles. The predicted molar refractivity (Wildman–Crippen MR) is 104 cm³/mol. The second-order valence-corrected chi connectivity index (χ2v) is 6.64. The first-order chi connectivity index (χ1) is 14.2. The van der Waals surface area contributed by atoms with Crippen LogP contribution in [0.2, 0.25) is 0 Å². The molecule has 2 rings (SSSR count). The van der Waals surface area contributed by atoms with Gasteiger partial charge in [0, 0.05) is 13.2 Å². The molecule has 0 heterocycles. The zero-order chi connectivity index (χ0) is 20.7. The van der Waals surface area contributed by atoms with Crippen LogP contribution in [0.5, 0.6) is 17.2 Å². The normalized spacial score (nSPS) is 14.4. The van der Waals surface area contributed by atoms with E-state index in [1.54, 1.807) is 19.2 Å². The highest BCUT2D eigenvalue weighted by atomic mass is 16.6. The van der Waals surface area contributed by atoms with Crippen molar-refractivity contribution in [1.29, 1.82) is 0 Å². The number of carbonyl (C=O) groups excluding carboxylic acids is 2. The van der Waals surface area contributed by atoms with Gasteiger partial charge in [0.15, 0.2) is 11.5 Å². The number of methoxy groups -OCH3 is 1. The molecule has 0 N–H and O–H groups in total. The van der Waals surface area contributed by atoms with E-state index in [9.17, 15) is 9.59 Å². The fourth-order valence-electron chi connectivity index (χ4n) is 3.02. The van der Waals surface area contributed by atoms with Crippen LogP contribution in [0, 0.1) is 5.92 Å². The van der Waals surface area contributed by atoms with Crippen LogP contribution < -0.4 is 14.2 Å². The molecule has 0 spiro atoms. The molecule has 162 valence electrons. The molecule has 8 nitrogen and oxygen atoms in total. The molecule has 0 bridgehead atoms. The number of rotatable bonds is 14. The summed E-state index contributed by atoms with van der Waals surface area (Å²) in [5.74, 6) is 0.613. The number of carbonyl (C=O) groups is 2. The van der Waals surface area contributed by atoms with Gasteiger partial charge in [0.05, 0.1) is 39.0 Å². The van der Waals surface area contributed by atoms with E-state index >= 15 is 0 Å². The average molecular weight is 410 g/mol. The lowest BCUT2D eigenvalue weighted by molar-refractivity contribution is -0.140. The average Bonchev–Trinajstić information content (AvgIpc) is 2.75. The first kappa shape index (κ1) is 23.1. The molecule has 1 aliphatic carbocycles. The summed E-state index contributed by atoms with van der Waals surface area (Å²) in [5.41, 5.74) is 0. The maximum atomic E-state index is 12.4. The lowest BCUT2D eigenvalue weighted by Crippen LogP contribution is -2.23. The smallest absolute Gasteiger partial charge is 0.314 e. The topological polar surface area (TPSA) is 89.5 Å². The minimum atomic E-state index is -0.247. The van der Waals surface area contributed by atoms with Crippen LogP contribution in [0.4, 0.5) is 0 Å². The van der Waals surface area contributed by atoms with Gasteiger partial charge in [-0.1, -0.05) is 19.3 Å². The van der Waals surface area contributed by atoms with Gasteiger partial charge in [0.1, 0.15) is 12.4 Å². The SMILES string of the molecule is COCCOCCOCCOc1cc(OC=O)ccc1OC(=O)C1CCCCC1. The van der Waals surface area contributed by atoms with Crippen molar-refractivity contribution in [3.63, 3.8) is 0 Å². The van der Waals surface area contributed by atoms with Crippen LogP contribution in [0.15, 0.2) is 18.2 Å². The van der Waals surface area contributed by atoms with E-state index in [4.69, 9.17) is 28.4 Å². The van der Waals surface area contributed by atoms with Gasteiger partial charge in [-0.2, -0.15) is 0 Å². The largest absolute Gasteiger partial charge is 0.487 e. The van der Waals surface area contributed by atoms with Crippen molar-refractivity contribution in [3.05, 3.63) is 18.2 Å². The highest BCUT2D eigenvalue weighted by molar-refractivity contribution is 5.76. The minimum absolute atomic E-state index is 0.0797. The van der Waals surface area contributed by atoms with E-state index < -0.39 is 0 Å². The molecule has 0 aliphatic heterocycles. The van der Waals surface area contributed by atoms with Gasteiger partial charge in [-0.25, -0.2) is 0 Å². The number of hydrogen-bond donors (Lipinski definition) is 0. The molecule has 1 aliphatic rings. The third-order valence-corrected chi connectivity index (χ3v) is 4.54. The van der Waals surface area contributed by atoms with Gasteiger partial charge in [-0.15, -0.1) is 0 Å². The molecule has 0 saturated heterocycles. The van der Waals surface area contributed by atoms with E-state index in [1.807, 2.05) is 0 Å². The summed E-state index contributed by atoms with van der Waals surface area (Å²) in [4.78, 5) is 23.0. The van der Waals surface area contributed by atoms with Crippen LogP contribution in [-0.2, 0) is 23.8 Å². The van der Waals surface area contributed by atoms with Gasteiger partial charge >= 0.3 is 5.97 Å². The zero-order valence-corrected chi connectivity index (χ0v) is 16.9. The molecule has 0 aromatic heterocycles. The molecule has 0 atom stereocenters. The van der Waals surface area contributed by atoms with Gasteiger partial charge < -0.3 is 28.4 Å². The van der Waals surface area contributed by atoms with E-state index in [1.165, 1.54) is 6.07 Å². The zero-order valence-electron chi connectivity index (χ0n) is 16.9. The Morgan fingerprint density at radius 1 is 0.966 bits per heavy atom. The molecule has 0 amide bonds. The Balaban J connectivity index is 1.82. The molecule has 8 heteroatoms. The van der Waals surface area contributed by atoms with Crippen molar-refractivity contribution in [2.45, 2.75) is 32.1 Å². The number of esters is 1. The maximum absolute atomic E-state index is 12.4. The summed E-state index contributed by atoms with van der Waals surface area (Å²) in [6.07, 6.45) is 4.94. The first-order valence-corrected chi connectivity index (χ1v) is 9.98. The molecular weight excluding hydrogens is 380 g/mol. The third-order valence-electron chi connectivity index (χ3n) is 4.54. The van der Waals surface area contributed by atoms with E-state index in [-0.39, 0.29) is 18.5 Å². The van der Waals surface area contributed by atoms with Crippen molar-refractivity contribution in [3.8, 4) is 17.2 Å². The lowest BCUT2D eigenvalue weighted by atomic mass is 9.89. The predicted octanol–water partition coefficient (Wildman–Crippen LogP) is 2.77. The van der Waals surface area contributed by atoms with Gasteiger partial charge in [-0.3, -0.25) is 9.59 Å². The summed E-state index contributed by atoms with van der Waals surface area (Å²) < 4.78 is 31.8. The number of benzene rings is 1. The van der Waals surface area contributed by atoms with Crippen LogP contribution in [0.1, 0.15) is 32.1 Å². The summed E-state index contributed by atoms with van der Waals surface area (Å²) in [5, 5.41) is 0. The van der Waals surface area contributed by atoms with Crippen molar-refractivity contribution >= 4 is 12.4 Å². The van der Waals surface area contributed by atoms with E-state index in [0.717, 1.165) is 32.1 Å². The summed E-state index contributed by atoms with van der Waals surface area (Å²) in [6, 6.07) is 4.64. The molecule has 1 fully saturated rings. The quantitative estimate of drug-likeness (QED) is 0.200. The molecule has 0 radical (unpaired) electrons. The molecule has 29 heavy (non-hydrogen) atoms. The Morgan fingerprint density at radius 3 is 2.34 bits per heavy atom. The highest BCUT2D eigenvalue weighted by Crippen LogP contribution is 2.33. The van der Waals surface area contributed by atoms with Crippen molar-refractivity contribution in [2.75, 3.05) is 46.8 Å². The number of hydrogen-bond acceptors (Lipinski definition) is 8. The fourth-order valence-corrected chi connectivity index (χ4v) is 3.02. The van der Waals surface area contributed by atoms with E-state index in [0.29, 0.717) is 56.8 Å². The maximum Gasteiger partial charge on any atom is 0.314 e. The molecule has 1 aromatic rings. The van der Waals surface area contributed by atoms with Gasteiger partial charge in [0.25, 0.3) is 6.47 Å². The van der Waals surface area contributed by atoms with Crippen molar-refractivity contribution in [1.82, 2.24) is 0 Å². The van der Waals surface area contributed by atoms with Crippen LogP contribution >= 0.6 is 0 Å². The van der Waals surface area contributed by atoms with Crippen LogP contribution in [0.3, 0.4) is 0 Å². The number of ether oxygens (including phenoxy) is 6. The van der Waals surface area contributed by atoms with Gasteiger partial charge in [-0.05, 0) is 25.0 Å². The standard InChI is InChI=1S/C21H30O8/c1-24-9-10-25-11-12-26-13-14-27-20-15-18(28-16-22)7-8-19(20)29-21(23)17-5-3-2-4-6-17/h7-8,15-17H,2-6,9-14H2,1H3.